The standard InChI is InChI=1S/C18H20ClNO/c1-13(21)15-8-9-18(17(19)11-15)20-10-4-7-14-5-2-3-6-16(14)12-20/h2-3,5-6,8-9,11,13,21H,4,7,10,12H2,1H3. The number of aryl methyl sites for hydroxylation is 1. The molecule has 2 aromatic carbocycles. The number of nitrogens with zero attached hydrogens (tertiary/aromatic N) is 1. The topological polar surface area (TPSA) is 23.5 Å². The van der Waals surface area contributed by atoms with Gasteiger partial charge in [0.15, 0.2) is 0 Å². The first kappa shape index (κ1) is 14.4. The van der Waals surface area contributed by atoms with Gasteiger partial charge in [-0.15, -0.1) is 0 Å². The molecule has 0 saturated carbocycles. The predicted molar refractivity (Wildman–Crippen MR) is 87.9 cm³/mol. The molecule has 0 radical (unpaired) electrons. The Morgan fingerprint density at radius 2 is 1.90 bits per heavy atom. The number of benzene rings is 2. The van der Waals surface area contributed by atoms with Gasteiger partial charge in [0.05, 0.1) is 16.8 Å². The fourth-order valence-corrected chi connectivity index (χ4v) is 3.25. The van der Waals surface area contributed by atoms with E-state index in [0.29, 0.717) is 5.02 Å². The molecule has 1 atom stereocenters. The zero-order chi connectivity index (χ0) is 14.8. The number of fused-ring (bicyclic) bond motifs is 1. The lowest BCUT2D eigenvalue weighted by Crippen LogP contribution is -2.22. The zero-order valence-corrected chi connectivity index (χ0v) is 13.0. The highest BCUT2D eigenvalue weighted by Gasteiger charge is 2.17. The molecule has 1 aliphatic heterocycles. The molecule has 0 aliphatic carbocycles. The Morgan fingerprint density at radius 3 is 2.62 bits per heavy atom. The molecule has 1 heterocycles. The summed E-state index contributed by atoms with van der Waals surface area (Å²) in [6, 6.07) is 14.5. The number of halogens is 1. The maximum atomic E-state index is 9.65. The highest BCUT2D eigenvalue weighted by atomic mass is 35.5. The monoisotopic (exact) mass is 301 g/mol. The van der Waals surface area contributed by atoms with Gasteiger partial charge in [-0.2, -0.15) is 0 Å². The second kappa shape index (κ2) is 6.08. The van der Waals surface area contributed by atoms with E-state index in [0.717, 1.165) is 37.2 Å². The van der Waals surface area contributed by atoms with Crippen LogP contribution in [0.1, 0.15) is 36.1 Å². The Balaban J connectivity index is 1.91. The predicted octanol–water partition coefficient (Wildman–Crippen LogP) is 4.35. The lowest BCUT2D eigenvalue weighted by Gasteiger charge is -2.25. The van der Waals surface area contributed by atoms with E-state index in [4.69, 9.17) is 11.6 Å². The van der Waals surface area contributed by atoms with Gasteiger partial charge in [-0.05, 0) is 48.6 Å². The summed E-state index contributed by atoms with van der Waals surface area (Å²) in [5.41, 5.74) is 4.74. The van der Waals surface area contributed by atoms with Gasteiger partial charge in [0.1, 0.15) is 0 Å². The molecule has 0 fully saturated rings. The molecule has 1 aliphatic rings. The van der Waals surface area contributed by atoms with Crippen molar-refractivity contribution in [3.05, 3.63) is 64.2 Å². The summed E-state index contributed by atoms with van der Waals surface area (Å²) in [5, 5.41) is 10.4. The van der Waals surface area contributed by atoms with E-state index in [9.17, 15) is 5.11 Å². The van der Waals surface area contributed by atoms with Gasteiger partial charge in [0.25, 0.3) is 0 Å². The maximum Gasteiger partial charge on any atom is 0.0762 e. The summed E-state index contributed by atoms with van der Waals surface area (Å²) in [7, 11) is 0. The van der Waals surface area contributed by atoms with Gasteiger partial charge in [0.2, 0.25) is 0 Å². The first-order chi connectivity index (χ1) is 10.1. The van der Waals surface area contributed by atoms with Gasteiger partial charge in [0, 0.05) is 13.1 Å². The number of aliphatic hydroxyl groups excluding tert-OH is 1. The zero-order valence-electron chi connectivity index (χ0n) is 12.2. The van der Waals surface area contributed by atoms with E-state index in [1.165, 1.54) is 11.1 Å². The average Bonchev–Trinajstić information content (AvgIpc) is 2.69. The summed E-state index contributed by atoms with van der Waals surface area (Å²) in [5.74, 6) is 0. The Bertz CT molecular complexity index is 639. The SMILES string of the molecule is CC(O)c1ccc(N2CCCc3ccccc3C2)c(Cl)c1. The summed E-state index contributed by atoms with van der Waals surface area (Å²) in [6.45, 7) is 3.65. The third kappa shape index (κ3) is 3.07. The first-order valence-electron chi connectivity index (χ1n) is 7.44. The van der Waals surface area contributed by atoms with Crippen molar-refractivity contribution >= 4 is 17.3 Å². The number of hydrogen-bond acceptors (Lipinski definition) is 2. The Hall–Kier alpha value is -1.51. The van der Waals surface area contributed by atoms with E-state index in [-0.39, 0.29) is 0 Å². The summed E-state index contributed by atoms with van der Waals surface area (Å²) in [4.78, 5) is 2.33. The number of hydrogen-bond donors (Lipinski definition) is 1. The van der Waals surface area contributed by atoms with Crippen LogP contribution >= 0.6 is 11.6 Å². The lowest BCUT2D eigenvalue weighted by molar-refractivity contribution is 0.199. The Labute approximate surface area is 131 Å². The quantitative estimate of drug-likeness (QED) is 0.891. The van der Waals surface area contributed by atoms with Crippen molar-refractivity contribution in [2.75, 3.05) is 11.4 Å². The van der Waals surface area contributed by atoms with Crippen molar-refractivity contribution in [1.29, 1.82) is 0 Å². The molecule has 2 nitrogen and oxygen atoms in total. The van der Waals surface area contributed by atoms with Crippen LogP contribution in [0.4, 0.5) is 5.69 Å². The minimum absolute atomic E-state index is 0.485. The lowest BCUT2D eigenvalue weighted by atomic mass is 10.0. The first-order valence-corrected chi connectivity index (χ1v) is 7.82. The van der Waals surface area contributed by atoms with Crippen molar-refractivity contribution in [1.82, 2.24) is 0 Å². The Morgan fingerprint density at radius 1 is 1.14 bits per heavy atom. The van der Waals surface area contributed by atoms with E-state index >= 15 is 0 Å². The second-order valence-corrected chi connectivity index (χ2v) is 6.09. The summed E-state index contributed by atoms with van der Waals surface area (Å²) in [6.07, 6.45) is 1.77. The Kier molecular flexibility index (Phi) is 4.18. The van der Waals surface area contributed by atoms with E-state index < -0.39 is 6.10 Å². The molecule has 0 amide bonds. The highest BCUT2D eigenvalue weighted by molar-refractivity contribution is 6.33. The van der Waals surface area contributed by atoms with Crippen LogP contribution in [0.5, 0.6) is 0 Å². The molecule has 110 valence electrons. The summed E-state index contributed by atoms with van der Waals surface area (Å²) < 4.78 is 0. The third-order valence-electron chi connectivity index (χ3n) is 4.15. The van der Waals surface area contributed by atoms with Crippen LogP contribution in [0, 0.1) is 0 Å². The largest absolute Gasteiger partial charge is 0.389 e. The van der Waals surface area contributed by atoms with Gasteiger partial charge < -0.3 is 10.0 Å². The van der Waals surface area contributed by atoms with Gasteiger partial charge in [-0.1, -0.05) is 41.9 Å². The molecule has 1 N–H and O–H groups in total. The van der Waals surface area contributed by atoms with Gasteiger partial charge in [-0.25, -0.2) is 0 Å². The summed E-state index contributed by atoms with van der Waals surface area (Å²) >= 11 is 6.43. The van der Waals surface area contributed by atoms with Crippen LogP contribution in [-0.2, 0) is 13.0 Å². The molecule has 21 heavy (non-hydrogen) atoms. The third-order valence-corrected chi connectivity index (χ3v) is 4.45. The molecule has 3 heteroatoms. The van der Waals surface area contributed by atoms with Crippen LogP contribution in [-0.4, -0.2) is 11.7 Å². The number of rotatable bonds is 2. The van der Waals surface area contributed by atoms with E-state index in [1.54, 1.807) is 6.92 Å². The molecular formula is C18H20ClNO. The van der Waals surface area contributed by atoms with Crippen LogP contribution in [0.15, 0.2) is 42.5 Å². The molecule has 3 rings (SSSR count). The molecule has 0 spiro atoms. The number of aliphatic hydroxyl groups is 1. The molecule has 0 aromatic heterocycles. The minimum Gasteiger partial charge on any atom is -0.389 e. The van der Waals surface area contributed by atoms with Crippen LogP contribution in [0.2, 0.25) is 5.02 Å². The highest BCUT2D eigenvalue weighted by Crippen LogP contribution is 2.32. The van der Waals surface area contributed by atoms with Crippen molar-refractivity contribution in [3.8, 4) is 0 Å². The molecule has 1 unspecified atom stereocenters. The maximum absolute atomic E-state index is 9.65. The number of anilines is 1. The molecule has 2 aromatic rings. The second-order valence-electron chi connectivity index (χ2n) is 5.68. The van der Waals surface area contributed by atoms with Crippen molar-refractivity contribution in [3.63, 3.8) is 0 Å². The van der Waals surface area contributed by atoms with Gasteiger partial charge >= 0.3 is 0 Å². The van der Waals surface area contributed by atoms with Crippen molar-refractivity contribution in [2.45, 2.75) is 32.4 Å². The molecule has 0 bridgehead atoms. The minimum atomic E-state index is -0.485. The van der Waals surface area contributed by atoms with Gasteiger partial charge in [-0.3, -0.25) is 0 Å². The van der Waals surface area contributed by atoms with Crippen LogP contribution < -0.4 is 4.90 Å². The average molecular weight is 302 g/mol. The van der Waals surface area contributed by atoms with Crippen molar-refractivity contribution in [2.24, 2.45) is 0 Å². The van der Waals surface area contributed by atoms with Crippen LogP contribution in [0.25, 0.3) is 0 Å². The fourth-order valence-electron chi connectivity index (χ4n) is 2.95. The smallest absolute Gasteiger partial charge is 0.0762 e. The van der Waals surface area contributed by atoms with E-state index in [2.05, 4.69) is 29.2 Å². The van der Waals surface area contributed by atoms with Crippen LogP contribution in [0.3, 0.4) is 0 Å². The van der Waals surface area contributed by atoms with Crippen molar-refractivity contribution < 1.29 is 5.11 Å². The molecular weight excluding hydrogens is 282 g/mol. The molecule has 0 saturated heterocycles. The fraction of sp³-hybridized carbons (Fsp3) is 0.333. The normalized spacial score (nSPS) is 16.2. The van der Waals surface area contributed by atoms with E-state index in [1.807, 2.05) is 18.2 Å².